The van der Waals surface area contributed by atoms with Gasteiger partial charge in [-0.2, -0.15) is 13.2 Å². The summed E-state index contributed by atoms with van der Waals surface area (Å²) in [4.78, 5) is 15.3. The minimum atomic E-state index is -4.23. The second kappa shape index (κ2) is 15.0. The zero-order valence-corrected chi connectivity index (χ0v) is 26.1. The Bertz CT molecular complexity index is 1430. The molecule has 1 aliphatic heterocycles. The predicted octanol–water partition coefficient (Wildman–Crippen LogP) is 5.92. The van der Waals surface area contributed by atoms with E-state index < -0.39 is 23.2 Å². The van der Waals surface area contributed by atoms with Crippen LogP contribution in [0.2, 0.25) is 0 Å². The molecule has 2 aliphatic rings. The first-order valence-electron chi connectivity index (χ1n) is 15.5. The molecule has 242 valence electrons. The lowest BCUT2D eigenvalue weighted by Gasteiger charge is -2.34. The third kappa shape index (κ3) is 9.22. The largest absolute Gasteiger partial charge is 0.405 e. The zero-order valence-electron chi connectivity index (χ0n) is 25.3. The van der Waals surface area contributed by atoms with Gasteiger partial charge in [0, 0.05) is 38.1 Å². The maximum atomic E-state index is 13.2. The molecule has 11 heteroatoms. The molecule has 3 atom stereocenters. The molecule has 0 aromatic heterocycles. The van der Waals surface area contributed by atoms with Crippen LogP contribution in [0.25, 0.3) is 11.1 Å². The van der Waals surface area contributed by atoms with Crippen molar-refractivity contribution in [1.82, 2.24) is 20.3 Å². The number of benzene rings is 3. The average molecular weight is 645 g/mol. The Kier molecular flexibility index (Phi) is 11.1. The molecular formula is C34H40F4N4O2S. The van der Waals surface area contributed by atoms with Crippen LogP contribution in [0.5, 0.6) is 0 Å². The second-order valence-electron chi connectivity index (χ2n) is 12.0. The molecule has 0 bridgehead atoms. The average Bonchev–Trinajstić information content (AvgIpc) is 3.04. The molecule has 1 saturated carbocycles. The lowest BCUT2D eigenvalue weighted by Crippen LogP contribution is -2.57. The van der Waals surface area contributed by atoms with E-state index >= 15 is 0 Å². The topological polar surface area (TPSA) is 73.5 Å². The van der Waals surface area contributed by atoms with Crippen LogP contribution >= 0.6 is 0 Å². The molecule has 5 rings (SSSR count). The van der Waals surface area contributed by atoms with Gasteiger partial charge >= 0.3 is 6.18 Å². The Balaban J connectivity index is 1.05. The molecule has 45 heavy (non-hydrogen) atoms. The highest BCUT2D eigenvalue weighted by atomic mass is 32.2. The summed E-state index contributed by atoms with van der Waals surface area (Å²) in [7, 11) is -1.38. The van der Waals surface area contributed by atoms with Crippen molar-refractivity contribution >= 4 is 16.9 Å². The van der Waals surface area contributed by atoms with Crippen LogP contribution in [0, 0.1) is 11.7 Å². The monoisotopic (exact) mass is 644 g/mol. The number of carbonyl (C=O) groups excluding carboxylic acids is 1. The second-order valence-corrected chi connectivity index (χ2v) is 13.3. The fraction of sp³-hybridized carbons (Fsp3) is 0.441. The standard InChI is InChI=1S/C34H40F4N4O2S/c1-23(25-6-12-29(35)13-7-25)40-33(43)28-8-14-30(15-9-28)41-45(44)31-16-10-27(11-17-31)26-4-2-24(3-5-26)18-20-42-21-19-39-32(22-42)34(36,37)38/h2-7,10-13,16-17,23,28,30,32,39,41H,8-9,14-15,18-22H2,1H3,(H,40,43). The number of nitrogens with zero attached hydrogens (tertiary/aromatic N) is 1. The molecule has 6 nitrogen and oxygen atoms in total. The maximum Gasteiger partial charge on any atom is 0.405 e. The Labute approximate surface area is 264 Å². The Morgan fingerprint density at radius 2 is 1.58 bits per heavy atom. The van der Waals surface area contributed by atoms with Gasteiger partial charge in [0.05, 0.1) is 10.9 Å². The normalized spacial score (nSPS) is 22.5. The van der Waals surface area contributed by atoms with Gasteiger partial charge in [0.25, 0.3) is 0 Å². The molecule has 1 heterocycles. The molecule has 3 unspecified atom stereocenters. The van der Waals surface area contributed by atoms with E-state index in [4.69, 9.17) is 0 Å². The molecule has 0 radical (unpaired) electrons. The molecule has 0 spiro atoms. The number of amides is 1. The van der Waals surface area contributed by atoms with Crippen LogP contribution in [0.1, 0.15) is 49.8 Å². The number of hydrogen-bond acceptors (Lipinski definition) is 4. The summed E-state index contributed by atoms with van der Waals surface area (Å²) < 4.78 is 68.6. The number of piperazine rings is 1. The van der Waals surface area contributed by atoms with E-state index in [2.05, 4.69) is 15.4 Å². The maximum absolute atomic E-state index is 13.2. The first-order valence-corrected chi connectivity index (χ1v) is 16.7. The highest BCUT2D eigenvalue weighted by molar-refractivity contribution is 7.83. The molecule has 3 N–H and O–H groups in total. The summed E-state index contributed by atoms with van der Waals surface area (Å²) in [5.41, 5.74) is 3.91. The lowest BCUT2D eigenvalue weighted by atomic mass is 9.85. The van der Waals surface area contributed by atoms with Gasteiger partial charge in [-0.1, -0.05) is 48.5 Å². The number of rotatable bonds is 10. The Hall–Kier alpha value is -3.12. The molecule has 1 amide bonds. The van der Waals surface area contributed by atoms with Crippen molar-refractivity contribution < 1.29 is 26.6 Å². The highest BCUT2D eigenvalue weighted by Crippen LogP contribution is 2.27. The zero-order chi connectivity index (χ0) is 32.0. The van der Waals surface area contributed by atoms with Gasteiger partial charge in [0.1, 0.15) is 22.8 Å². The number of hydrogen-bond donors (Lipinski definition) is 3. The van der Waals surface area contributed by atoms with Crippen LogP contribution in [0.4, 0.5) is 17.6 Å². The summed E-state index contributed by atoms with van der Waals surface area (Å²) in [5.74, 6) is -0.416. The van der Waals surface area contributed by atoms with Crippen LogP contribution in [-0.2, 0) is 22.2 Å². The Morgan fingerprint density at radius 1 is 0.956 bits per heavy atom. The summed E-state index contributed by atoms with van der Waals surface area (Å²) in [5, 5.41) is 5.58. The van der Waals surface area contributed by atoms with Crippen LogP contribution in [0.15, 0.2) is 77.7 Å². The van der Waals surface area contributed by atoms with Gasteiger partial charge in [-0.15, -0.1) is 0 Å². The van der Waals surface area contributed by atoms with E-state index in [-0.39, 0.29) is 36.3 Å². The van der Waals surface area contributed by atoms with Gasteiger partial charge in [0.2, 0.25) is 5.91 Å². The van der Waals surface area contributed by atoms with Crippen molar-refractivity contribution in [3.8, 4) is 11.1 Å². The summed E-state index contributed by atoms with van der Waals surface area (Å²) >= 11 is 0. The molecule has 2 fully saturated rings. The number of nitrogens with one attached hydrogen (secondary N) is 3. The van der Waals surface area contributed by atoms with E-state index in [1.807, 2.05) is 60.4 Å². The van der Waals surface area contributed by atoms with Crippen molar-refractivity contribution in [2.45, 2.75) is 68.2 Å². The van der Waals surface area contributed by atoms with Crippen LogP contribution in [0.3, 0.4) is 0 Å². The van der Waals surface area contributed by atoms with Gasteiger partial charge < -0.3 is 10.6 Å². The Morgan fingerprint density at radius 3 is 2.20 bits per heavy atom. The van der Waals surface area contributed by atoms with Crippen molar-refractivity contribution in [3.63, 3.8) is 0 Å². The smallest absolute Gasteiger partial charge is 0.349 e. The number of carbonyl (C=O) groups is 1. The van der Waals surface area contributed by atoms with Crippen LogP contribution < -0.4 is 15.4 Å². The van der Waals surface area contributed by atoms with E-state index in [1.165, 1.54) is 12.1 Å². The summed E-state index contributed by atoms with van der Waals surface area (Å²) in [6, 6.07) is 20.1. The van der Waals surface area contributed by atoms with Crippen LogP contribution in [-0.4, -0.2) is 59.5 Å². The van der Waals surface area contributed by atoms with Gasteiger partial charge in [-0.3, -0.25) is 9.69 Å². The molecule has 3 aromatic rings. The number of halogens is 4. The highest BCUT2D eigenvalue weighted by Gasteiger charge is 2.41. The third-order valence-corrected chi connectivity index (χ3v) is 10.1. The quantitative estimate of drug-likeness (QED) is 0.240. The first kappa shape index (κ1) is 33.2. The van der Waals surface area contributed by atoms with Gasteiger partial charge in [-0.25, -0.2) is 13.3 Å². The van der Waals surface area contributed by atoms with Gasteiger partial charge in [-0.05, 0) is 85.5 Å². The first-order chi connectivity index (χ1) is 21.5. The lowest BCUT2D eigenvalue weighted by molar-refractivity contribution is -0.164. The fourth-order valence-corrected chi connectivity index (χ4v) is 7.07. The molecule has 3 aromatic carbocycles. The van der Waals surface area contributed by atoms with Crippen molar-refractivity contribution in [3.05, 3.63) is 89.7 Å². The SMILES string of the molecule is CC(NC(=O)C1CCC(NS(=O)c2ccc(-c3ccc(CCN4CCNC(C(F)(F)F)C4)cc3)cc2)CC1)c1ccc(F)cc1. The van der Waals surface area contributed by atoms with Gasteiger partial charge in [0.15, 0.2) is 0 Å². The molecular weight excluding hydrogens is 604 g/mol. The van der Waals surface area contributed by atoms with Crippen molar-refractivity contribution in [2.75, 3.05) is 26.2 Å². The van der Waals surface area contributed by atoms with E-state index in [1.54, 1.807) is 12.1 Å². The predicted molar refractivity (Wildman–Crippen MR) is 168 cm³/mol. The number of alkyl halides is 3. The van der Waals surface area contributed by atoms with E-state index in [9.17, 15) is 26.6 Å². The summed E-state index contributed by atoms with van der Waals surface area (Å²) in [6.07, 6.45) is -0.654. The minimum absolute atomic E-state index is 0.00589. The van der Waals surface area contributed by atoms with Crippen molar-refractivity contribution in [1.29, 1.82) is 0 Å². The van der Waals surface area contributed by atoms with E-state index in [0.717, 1.165) is 35.1 Å². The summed E-state index contributed by atoms with van der Waals surface area (Å²) in [6.45, 7) is 3.37. The van der Waals surface area contributed by atoms with Crippen molar-refractivity contribution in [2.24, 2.45) is 5.92 Å². The fourth-order valence-electron chi connectivity index (χ4n) is 6.01. The third-order valence-electron chi connectivity index (χ3n) is 8.83. The minimum Gasteiger partial charge on any atom is -0.349 e. The molecule has 1 aliphatic carbocycles. The van der Waals surface area contributed by atoms with E-state index in [0.29, 0.717) is 43.8 Å². The molecule has 1 saturated heterocycles.